The van der Waals surface area contributed by atoms with Crippen LogP contribution in [0.1, 0.15) is 50.4 Å². The van der Waals surface area contributed by atoms with Crippen LogP contribution in [-0.2, 0) is 0 Å². The lowest BCUT2D eigenvalue weighted by Gasteiger charge is -2.37. The molecule has 3 heteroatoms. The molecule has 0 aromatic carbocycles. The highest BCUT2D eigenvalue weighted by atomic mass is 32.1. The Labute approximate surface area is 115 Å². The van der Waals surface area contributed by atoms with E-state index in [0.29, 0.717) is 6.04 Å². The molecular weight excluding hydrogens is 240 g/mol. The predicted molar refractivity (Wildman–Crippen MR) is 79.4 cm³/mol. The molecule has 0 amide bonds. The highest BCUT2D eigenvalue weighted by Gasteiger charge is 2.25. The van der Waals surface area contributed by atoms with Crippen LogP contribution in [0.25, 0.3) is 0 Å². The van der Waals surface area contributed by atoms with Crippen molar-refractivity contribution < 1.29 is 0 Å². The molecule has 0 saturated carbocycles. The maximum absolute atomic E-state index is 5.19. The third-order valence-electron chi connectivity index (χ3n) is 3.73. The Morgan fingerprint density at radius 1 is 1.39 bits per heavy atom. The first-order chi connectivity index (χ1) is 8.58. The summed E-state index contributed by atoms with van der Waals surface area (Å²) in [7, 11) is 0. The van der Waals surface area contributed by atoms with Crippen LogP contribution in [0.4, 0.5) is 0 Å². The van der Waals surface area contributed by atoms with Crippen molar-refractivity contribution in [2.24, 2.45) is 5.92 Å². The van der Waals surface area contributed by atoms with E-state index in [1.165, 1.54) is 43.6 Å². The fraction of sp³-hybridized carbons (Fsp3) is 0.667. The molecular formula is C15H24N2S. The van der Waals surface area contributed by atoms with Gasteiger partial charge in [0.05, 0.1) is 0 Å². The molecule has 18 heavy (non-hydrogen) atoms. The quantitative estimate of drug-likeness (QED) is 0.824. The monoisotopic (exact) mass is 264 g/mol. The highest BCUT2D eigenvalue weighted by molar-refractivity contribution is 7.71. The molecule has 2 rings (SSSR count). The fourth-order valence-electron chi connectivity index (χ4n) is 2.98. The lowest BCUT2D eigenvalue weighted by Crippen LogP contribution is -2.36. The van der Waals surface area contributed by atoms with Crippen LogP contribution in [-0.4, -0.2) is 23.0 Å². The molecule has 0 radical (unpaired) electrons. The van der Waals surface area contributed by atoms with Gasteiger partial charge >= 0.3 is 0 Å². The van der Waals surface area contributed by atoms with Crippen molar-refractivity contribution in [3.8, 4) is 0 Å². The number of hydrogen-bond donors (Lipinski definition) is 1. The van der Waals surface area contributed by atoms with Gasteiger partial charge in [-0.2, -0.15) is 0 Å². The maximum atomic E-state index is 5.19. The third-order valence-corrected chi connectivity index (χ3v) is 3.97. The summed E-state index contributed by atoms with van der Waals surface area (Å²) in [5.74, 6) is 0.730. The number of hydrogen-bond acceptors (Lipinski definition) is 2. The number of aromatic nitrogens is 1. The summed E-state index contributed by atoms with van der Waals surface area (Å²) in [6, 6.07) is 4.82. The zero-order chi connectivity index (χ0) is 13.1. The van der Waals surface area contributed by atoms with E-state index in [9.17, 15) is 0 Å². The molecule has 1 aromatic heterocycles. The molecule has 1 aliphatic heterocycles. The standard InChI is InChI=1S/C15H24N2S/c1-11(2)10-17-9-5-4-6-14(17)13-7-8-15(18)16-12(13)3/h7-8,11,14H,4-6,9-10H2,1-3H3,(H,16,18)/t14-/m1/s1. The van der Waals surface area contributed by atoms with Gasteiger partial charge in [0.2, 0.25) is 0 Å². The second kappa shape index (κ2) is 5.98. The zero-order valence-corrected chi connectivity index (χ0v) is 12.5. The second-order valence-electron chi connectivity index (χ2n) is 5.80. The summed E-state index contributed by atoms with van der Waals surface area (Å²) < 4.78 is 0.836. The Morgan fingerprint density at radius 3 is 2.83 bits per heavy atom. The van der Waals surface area contributed by atoms with E-state index in [1.54, 1.807) is 0 Å². The minimum absolute atomic E-state index is 0.577. The average Bonchev–Trinajstić information content (AvgIpc) is 2.30. The Kier molecular flexibility index (Phi) is 4.57. The van der Waals surface area contributed by atoms with Gasteiger partial charge in [-0.3, -0.25) is 4.90 Å². The van der Waals surface area contributed by atoms with Gasteiger partial charge in [0.25, 0.3) is 0 Å². The largest absolute Gasteiger partial charge is 0.350 e. The van der Waals surface area contributed by atoms with E-state index in [0.717, 1.165) is 10.6 Å². The van der Waals surface area contributed by atoms with Crippen molar-refractivity contribution in [1.82, 2.24) is 9.88 Å². The van der Waals surface area contributed by atoms with Gasteiger partial charge in [0, 0.05) is 18.3 Å². The van der Waals surface area contributed by atoms with Gasteiger partial charge in [0.15, 0.2) is 0 Å². The third kappa shape index (κ3) is 3.21. The topological polar surface area (TPSA) is 19.0 Å². The average molecular weight is 264 g/mol. The van der Waals surface area contributed by atoms with Crippen molar-refractivity contribution in [3.63, 3.8) is 0 Å². The van der Waals surface area contributed by atoms with Crippen LogP contribution in [0.5, 0.6) is 0 Å². The minimum atomic E-state index is 0.577. The molecule has 1 aromatic rings. The van der Waals surface area contributed by atoms with E-state index in [-0.39, 0.29) is 0 Å². The van der Waals surface area contributed by atoms with Crippen molar-refractivity contribution in [3.05, 3.63) is 28.0 Å². The molecule has 1 saturated heterocycles. The molecule has 1 fully saturated rings. The maximum Gasteiger partial charge on any atom is 0.103 e. The normalized spacial score (nSPS) is 21.4. The summed E-state index contributed by atoms with van der Waals surface area (Å²) in [5, 5.41) is 0. The van der Waals surface area contributed by atoms with E-state index < -0.39 is 0 Å². The Bertz CT molecular complexity index is 450. The molecule has 1 N–H and O–H groups in total. The Balaban J connectivity index is 2.24. The molecule has 0 bridgehead atoms. The predicted octanol–water partition coefficient (Wildman–Crippen LogP) is 4.24. The van der Waals surface area contributed by atoms with E-state index in [4.69, 9.17) is 12.2 Å². The lowest BCUT2D eigenvalue weighted by molar-refractivity contribution is 0.131. The van der Waals surface area contributed by atoms with Gasteiger partial charge in [0.1, 0.15) is 4.64 Å². The van der Waals surface area contributed by atoms with Crippen LogP contribution in [0.2, 0.25) is 0 Å². The summed E-state index contributed by atoms with van der Waals surface area (Å²) in [4.78, 5) is 5.94. The summed E-state index contributed by atoms with van der Waals surface area (Å²) in [6.45, 7) is 9.18. The number of nitrogens with zero attached hydrogens (tertiary/aromatic N) is 1. The van der Waals surface area contributed by atoms with Crippen LogP contribution >= 0.6 is 12.2 Å². The van der Waals surface area contributed by atoms with Gasteiger partial charge in [-0.05, 0) is 43.9 Å². The van der Waals surface area contributed by atoms with E-state index in [2.05, 4.69) is 36.7 Å². The Hall–Kier alpha value is -0.670. The number of pyridine rings is 1. The second-order valence-corrected chi connectivity index (χ2v) is 6.24. The molecule has 2 nitrogen and oxygen atoms in total. The van der Waals surface area contributed by atoms with Crippen molar-refractivity contribution in [2.75, 3.05) is 13.1 Å². The van der Waals surface area contributed by atoms with Crippen molar-refractivity contribution >= 4 is 12.2 Å². The molecule has 2 heterocycles. The first-order valence-corrected chi connectivity index (χ1v) is 7.42. The summed E-state index contributed by atoms with van der Waals surface area (Å²) in [6.07, 6.45) is 3.96. The molecule has 100 valence electrons. The first-order valence-electron chi connectivity index (χ1n) is 7.02. The fourth-order valence-corrected chi connectivity index (χ4v) is 3.20. The molecule has 0 unspecified atom stereocenters. The van der Waals surface area contributed by atoms with Gasteiger partial charge in [-0.25, -0.2) is 0 Å². The van der Waals surface area contributed by atoms with Crippen LogP contribution < -0.4 is 0 Å². The van der Waals surface area contributed by atoms with E-state index >= 15 is 0 Å². The number of rotatable bonds is 3. The van der Waals surface area contributed by atoms with Crippen LogP contribution in [0.3, 0.4) is 0 Å². The minimum Gasteiger partial charge on any atom is -0.350 e. The van der Waals surface area contributed by atoms with Crippen LogP contribution in [0, 0.1) is 17.5 Å². The number of nitrogens with one attached hydrogen (secondary N) is 1. The number of aromatic amines is 1. The zero-order valence-electron chi connectivity index (χ0n) is 11.7. The van der Waals surface area contributed by atoms with Gasteiger partial charge in [-0.1, -0.05) is 38.6 Å². The lowest BCUT2D eigenvalue weighted by atomic mass is 9.93. The molecule has 0 spiro atoms. The number of aryl methyl sites for hydroxylation is 1. The Morgan fingerprint density at radius 2 is 2.17 bits per heavy atom. The number of piperidine rings is 1. The van der Waals surface area contributed by atoms with Gasteiger partial charge < -0.3 is 4.98 Å². The van der Waals surface area contributed by atoms with Crippen LogP contribution in [0.15, 0.2) is 12.1 Å². The SMILES string of the molecule is Cc1[nH]c(=S)ccc1[C@H]1CCCCN1CC(C)C. The molecule has 1 aliphatic rings. The van der Waals surface area contributed by atoms with Gasteiger partial charge in [-0.15, -0.1) is 0 Å². The molecule has 0 aliphatic carbocycles. The first kappa shape index (κ1) is 13.8. The smallest absolute Gasteiger partial charge is 0.103 e. The number of likely N-dealkylation sites (tertiary alicyclic amines) is 1. The highest BCUT2D eigenvalue weighted by Crippen LogP contribution is 2.32. The van der Waals surface area contributed by atoms with E-state index in [1.807, 2.05) is 6.07 Å². The van der Waals surface area contributed by atoms with Crippen molar-refractivity contribution in [1.29, 1.82) is 0 Å². The molecule has 1 atom stereocenters. The van der Waals surface area contributed by atoms with Crippen molar-refractivity contribution in [2.45, 2.75) is 46.1 Å². The summed E-state index contributed by atoms with van der Waals surface area (Å²) >= 11 is 5.19. The summed E-state index contributed by atoms with van der Waals surface area (Å²) in [5.41, 5.74) is 2.67. The number of H-pyrrole nitrogens is 1.